The summed E-state index contributed by atoms with van der Waals surface area (Å²) in [5, 5.41) is 2.63. The van der Waals surface area contributed by atoms with Crippen LogP contribution in [0.5, 0.6) is 0 Å². The molecule has 0 saturated carbocycles. The molecule has 1 aliphatic rings. The molecule has 1 N–H and O–H groups in total. The van der Waals surface area contributed by atoms with Crippen LogP contribution in [0.4, 0.5) is 9.18 Å². The number of nitrogens with one attached hydrogen (secondary N) is 1. The molecule has 0 aliphatic heterocycles. The molecule has 0 saturated heterocycles. The number of fused-ring (bicyclic) bond motifs is 3. The van der Waals surface area contributed by atoms with E-state index in [4.69, 9.17) is 4.74 Å². The number of rotatable bonds is 3. The minimum Gasteiger partial charge on any atom is -0.449 e. The van der Waals surface area contributed by atoms with Gasteiger partial charge >= 0.3 is 6.09 Å². The van der Waals surface area contributed by atoms with Crippen LogP contribution >= 0.6 is 0 Å². The third-order valence-electron chi connectivity index (χ3n) is 4.74. The molecule has 138 valence electrons. The molecule has 0 heterocycles. The van der Waals surface area contributed by atoms with Crippen LogP contribution in [0.25, 0.3) is 11.1 Å². The van der Waals surface area contributed by atoms with Gasteiger partial charge < -0.3 is 10.1 Å². The highest BCUT2D eigenvalue weighted by Crippen LogP contribution is 2.44. The highest BCUT2D eigenvalue weighted by Gasteiger charge is 2.28. The maximum atomic E-state index is 12.9. The second kappa shape index (κ2) is 7.98. The van der Waals surface area contributed by atoms with E-state index in [1.54, 1.807) is 12.1 Å². The molecule has 0 atom stereocenters. The van der Waals surface area contributed by atoms with Gasteiger partial charge in [-0.1, -0.05) is 60.4 Å². The third kappa shape index (κ3) is 3.74. The molecule has 1 aliphatic carbocycles. The van der Waals surface area contributed by atoms with Gasteiger partial charge in [0.2, 0.25) is 0 Å². The first-order valence-electron chi connectivity index (χ1n) is 9.05. The van der Waals surface area contributed by atoms with Crippen molar-refractivity contribution in [2.75, 3.05) is 13.2 Å². The summed E-state index contributed by atoms with van der Waals surface area (Å²) < 4.78 is 18.3. The molecule has 3 aromatic rings. The number of alkyl carbamates (subject to hydrolysis) is 1. The SMILES string of the molecule is O=C(NCC#Cc1ccc(F)cc1)OCC1c2ccccc2-c2ccccc21. The zero-order chi connectivity index (χ0) is 19.3. The Morgan fingerprint density at radius 3 is 2.18 bits per heavy atom. The number of carbonyl (C=O) groups is 1. The van der Waals surface area contributed by atoms with Crippen LogP contribution in [0.1, 0.15) is 22.6 Å². The Hall–Kier alpha value is -3.58. The molecule has 0 bridgehead atoms. The Bertz CT molecular complexity index is 1020. The highest BCUT2D eigenvalue weighted by atomic mass is 19.1. The fourth-order valence-electron chi connectivity index (χ4n) is 3.45. The molecule has 0 aromatic heterocycles. The Morgan fingerprint density at radius 2 is 1.54 bits per heavy atom. The van der Waals surface area contributed by atoms with E-state index in [9.17, 15) is 9.18 Å². The summed E-state index contributed by atoms with van der Waals surface area (Å²) in [6.07, 6.45) is -0.504. The standard InChI is InChI=1S/C24H18FNO2/c25-18-13-11-17(12-14-18)6-5-15-26-24(27)28-16-23-21-9-3-1-7-19(21)20-8-2-4-10-22(20)23/h1-4,7-14,23H,15-16H2,(H,26,27). The quantitative estimate of drug-likeness (QED) is 0.677. The monoisotopic (exact) mass is 371 g/mol. The maximum absolute atomic E-state index is 12.9. The van der Waals surface area contributed by atoms with E-state index < -0.39 is 6.09 Å². The van der Waals surface area contributed by atoms with Crippen molar-refractivity contribution in [3.8, 4) is 23.0 Å². The van der Waals surface area contributed by atoms with Crippen LogP contribution in [0.3, 0.4) is 0 Å². The zero-order valence-electron chi connectivity index (χ0n) is 15.1. The average Bonchev–Trinajstić information content (AvgIpc) is 3.05. The van der Waals surface area contributed by atoms with Crippen LogP contribution in [-0.2, 0) is 4.74 Å². The first-order valence-corrected chi connectivity index (χ1v) is 9.05. The second-order valence-corrected chi connectivity index (χ2v) is 6.49. The maximum Gasteiger partial charge on any atom is 0.407 e. The molecule has 0 spiro atoms. The molecule has 0 fully saturated rings. The van der Waals surface area contributed by atoms with Gasteiger partial charge in [-0.15, -0.1) is 0 Å². The fourth-order valence-corrected chi connectivity index (χ4v) is 3.45. The normalized spacial score (nSPS) is 11.8. The van der Waals surface area contributed by atoms with E-state index in [0.29, 0.717) is 5.56 Å². The number of amides is 1. The highest BCUT2D eigenvalue weighted by molar-refractivity contribution is 5.79. The van der Waals surface area contributed by atoms with Gasteiger partial charge in [0.1, 0.15) is 12.4 Å². The number of carbonyl (C=O) groups excluding carboxylic acids is 1. The average molecular weight is 371 g/mol. The Morgan fingerprint density at radius 1 is 0.929 bits per heavy atom. The molecule has 3 aromatic carbocycles. The first-order chi connectivity index (χ1) is 13.7. The van der Waals surface area contributed by atoms with Crippen molar-refractivity contribution in [1.29, 1.82) is 0 Å². The van der Waals surface area contributed by atoms with E-state index in [1.807, 2.05) is 24.3 Å². The van der Waals surface area contributed by atoms with Crippen molar-refractivity contribution in [3.63, 3.8) is 0 Å². The minimum atomic E-state index is -0.504. The topological polar surface area (TPSA) is 38.3 Å². The lowest BCUT2D eigenvalue weighted by molar-refractivity contribution is 0.144. The van der Waals surface area contributed by atoms with Crippen molar-refractivity contribution in [2.24, 2.45) is 0 Å². The van der Waals surface area contributed by atoms with E-state index in [2.05, 4.69) is 41.4 Å². The molecule has 3 nitrogen and oxygen atoms in total. The van der Waals surface area contributed by atoms with Gasteiger partial charge in [0.25, 0.3) is 0 Å². The van der Waals surface area contributed by atoms with Crippen LogP contribution < -0.4 is 5.32 Å². The van der Waals surface area contributed by atoms with Gasteiger partial charge in [-0.2, -0.15) is 0 Å². The molecule has 4 rings (SSSR count). The Labute approximate surface area is 163 Å². The number of ether oxygens (including phenoxy) is 1. The lowest BCUT2D eigenvalue weighted by atomic mass is 9.98. The number of hydrogen-bond donors (Lipinski definition) is 1. The molecule has 4 heteroatoms. The predicted octanol–water partition coefficient (Wildman–Crippen LogP) is 4.72. The van der Waals surface area contributed by atoms with Gasteiger partial charge in [0.05, 0.1) is 6.54 Å². The largest absolute Gasteiger partial charge is 0.449 e. The van der Waals surface area contributed by atoms with Crippen molar-refractivity contribution < 1.29 is 13.9 Å². The van der Waals surface area contributed by atoms with Gasteiger partial charge in [0.15, 0.2) is 0 Å². The van der Waals surface area contributed by atoms with Crippen LogP contribution in [0, 0.1) is 17.7 Å². The van der Waals surface area contributed by atoms with Gasteiger partial charge in [-0.3, -0.25) is 0 Å². The lowest BCUT2D eigenvalue weighted by Crippen LogP contribution is -2.26. The van der Waals surface area contributed by atoms with Crippen molar-refractivity contribution in [3.05, 3.63) is 95.3 Å². The summed E-state index contributed by atoms with van der Waals surface area (Å²) in [5.74, 6) is 5.42. The number of benzene rings is 3. The van der Waals surface area contributed by atoms with E-state index in [-0.39, 0.29) is 24.9 Å². The van der Waals surface area contributed by atoms with Gasteiger partial charge in [-0.05, 0) is 46.5 Å². The van der Waals surface area contributed by atoms with E-state index >= 15 is 0 Å². The third-order valence-corrected chi connectivity index (χ3v) is 4.74. The van der Waals surface area contributed by atoms with Crippen molar-refractivity contribution in [1.82, 2.24) is 5.32 Å². The summed E-state index contributed by atoms with van der Waals surface area (Å²) >= 11 is 0. The summed E-state index contributed by atoms with van der Waals surface area (Å²) in [7, 11) is 0. The van der Waals surface area contributed by atoms with Gasteiger partial charge in [-0.25, -0.2) is 9.18 Å². The number of halogens is 1. The van der Waals surface area contributed by atoms with E-state index in [1.165, 1.54) is 34.4 Å². The van der Waals surface area contributed by atoms with Crippen molar-refractivity contribution in [2.45, 2.75) is 5.92 Å². The van der Waals surface area contributed by atoms with Crippen LogP contribution in [0.15, 0.2) is 72.8 Å². The molecule has 28 heavy (non-hydrogen) atoms. The summed E-state index contributed by atoms with van der Waals surface area (Å²) in [6.45, 7) is 0.430. The minimum absolute atomic E-state index is 0.0310. The summed E-state index contributed by atoms with van der Waals surface area (Å²) in [5.41, 5.74) is 5.42. The molecular weight excluding hydrogens is 353 g/mol. The van der Waals surface area contributed by atoms with Gasteiger partial charge in [0, 0.05) is 11.5 Å². The van der Waals surface area contributed by atoms with Crippen LogP contribution in [0.2, 0.25) is 0 Å². The predicted molar refractivity (Wildman–Crippen MR) is 106 cm³/mol. The Balaban J connectivity index is 1.35. The molecule has 0 unspecified atom stereocenters. The summed E-state index contributed by atoms with van der Waals surface area (Å²) in [4.78, 5) is 12.0. The molecule has 0 radical (unpaired) electrons. The van der Waals surface area contributed by atoms with E-state index in [0.717, 1.165) is 0 Å². The molecular formula is C24H18FNO2. The fraction of sp³-hybridized carbons (Fsp3) is 0.125. The van der Waals surface area contributed by atoms with Crippen LogP contribution in [-0.4, -0.2) is 19.2 Å². The lowest BCUT2D eigenvalue weighted by Gasteiger charge is -2.14. The molecule has 1 amide bonds. The van der Waals surface area contributed by atoms with Crippen molar-refractivity contribution >= 4 is 6.09 Å². The zero-order valence-corrected chi connectivity index (χ0v) is 15.1. The smallest absolute Gasteiger partial charge is 0.407 e. The summed E-state index contributed by atoms with van der Waals surface area (Å²) in [6, 6.07) is 22.3. The second-order valence-electron chi connectivity index (χ2n) is 6.49. The first kappa shape index (κ1) is 17.8. The number of hydrogen-bond acceptors (Lipinski definition) is 2. The Kier molecular flexibility index (Phi) is 5.07.